The molecule has 178 valence electrons. The average molecular weight is 463 g/mol. The van der Waals surface area contributed by atoms with Crippen LogP contribution >= 0.6 is 7.60 Å². The highest BCUT2D eigenvalue weighted by molar-refractivity contribution is 7.55. The maximum atomic E-state index is 13.4. The highest BCUT2D eigenvalue weighted by Gasteiger charge is 2.45. The number of carbonyl (C=O) groups excluding carboxylic acids is 1. The van der Waals surface area contributed by atoms with Gasteiger partial charge in [-0.05, 0) is 78.7 Å². The largest absolute Gasteiger partial charge is 0.496 e. The maximum absolute atomic E-state index is 13.4. The van der Waals surface area contributed by atoms with Gasteiger partial charge in [-0.3, -0.25) is 9.36 Å². The summed E-state index contributed by atoms with van der Waals surface area (Å²) in [5.41, 5.74) is 3.92. The van der Waals surface area contributed by atoms with Crippen molar-refractivity contribution in [1.82, 2.24) is 0 Å². The van der Waals surface area contributed by atoms with Crippen LogP contribution in [0.25, 0.3) is 6.08 Å². The first kappa shape index (κ1) is 25.2. The van der Waals surface area contributed by atoms with Crippen LogP contribution in [0.2, 0.25) is 0 Å². The second-order valence-corrected chi connectivity index (χ2v) is 12.5. The minimum absolute atomic E-state index is 0.0350. The Kier molecular flexibility index (Phi) is 8.06. The molecule has 1 saturated carbocycles. The number of hydrogen-bond donors (Lipinski definition) is 0. The summed E-state index contributed by atoms with van der Waals surface area (Å²) in [6.45, 7) is 6.55. The molecule has 0 spiro atoms. The van der Waals surface area contributed by atoms with E-state index in [0.717, 1.165) is 68.2 Å². The first-order chi connectivity index (χ1) is 15.2. The van der Waals surface area contributed by atoms with Crippen LogP contribution in [0.1, 0.15) is 81.5 Å². The highest BCUT2D eigenvalue weighted by atomic mass is 31.2. The predicted octanol–water partition coefficient (Wildman–Crippen LogP) is 6.50. The molecular formula is C26H39O5P. The fourth-order valence-electron chi connectivity index (χ4n) is 5.38. The predicted molar refractivity (Wildman–Crippen MR) is 130 cm³/mol. The number of methoxy groups -OCH3 is 1. The Morgan fingerprint density at radius 3 is 2.16 bits per heavy atom. The summed E-state index contributed by atoms with van der Waals surface area (Å²) in [6.07, 6.45) is 11.6. The van der Waals surface area contributed by atoms with E-state index in [1.807, 2.05) is 6.08 Å². The molecule has 1 aromatic rings. The van der Waals surface area contributed by atoms with E-state index in [2.05, 4.69) is 26.8 Å². The molecule has 2 aliphatic carbocycles. The number of allylic oxidation sites excluding steroid dienone is 1. The minimum Gasteiger partial charge on any atom is -0.496 e. The fourth-order valence-corrected chi connectivity index (χ4v) is 7.19. The lowest BCUT2D eigenvalue weighted by molar-refractivity contribution is -0.115. The zero-order valence-electron chi connectivity index (χ0n) is 20.5. The normalized spacial score (nSPS) is 18.7. The van der Waals surface area contributed by atoms with Gasteiger partial charge in [0.25, 0.3) is 0 Å². The molecule has 32 heavy (non-hydrogen) atoms. The monoisotopic (exact) mass is 462 g/mol. The van der Waals surface area contributed by atoms with Crippen molar-refractivity contribution in [2.24, 2.45) is 5.92 Å². The Morgan fingerprint density at radius 1 is 1.03 bits per heavy atom. The van der Waals surface area contributed by atoms with Crippen LogP contribution in [0.3, 0.4) is 0 Å². The number of rotatable bonds is 8. The van der Waals surface area contributed by atoms with E-state index in [0.29, 0.717) is 0 Å². The highest BCUT2D eigenvalue weighted by Crippen LogP contribution is 2.57. The van der Waals surface area contributed by atoms with Gasteiger partial charge in [0.15, 0.2) is 5.78 Å². The van der Waals surface area contributed by atoms with Crippen molar-refractivity contribution in [1.29, 1.82) is 0 Å². The number of benzene rings is 1. The zero-order chi connectivity index (χ0) is 23.5. The Hall–Kier alpha value is -1.42. The molecule has 0 aliphatic heterocycles. The molecule has 1 atom stereocenters. The molecule has 3 rings (SSSR count). The molecule has 0 N–H and O–H groups in total. The summed E-state index contributed by atoms with van der Waals surface area (Å²) < 4.78 is 29.7. The van der Waals surface area contributed by atoms with Gasteiger partial charge in [-0.15, -0.1) is 0 Å². The quantitative estimate of drug-likeness (QED) is 0.326. The molecule has 6 heteroatoms. The third-order valence-electron chi connectivity index (χ3n) is 7.06. The van der Waals surface area contributed by atoms with Gasteiger partial charge in [0.1, 0.15) is 11.4 Å². The van der Waals surface area contributed by atoms with Crippen molar-refractivity contribution in [3.8, 4) is 5.75 Å². The van der Waals surface area contributed by atoms with Gasteiger partial charge in [0.05, 0.1) is 7.11 Å². The molecule has 5 nitrogen and oxygen atoms in total. The number of fused-ring (bicyclic) bond motifs is 1. The van der Waals surface area contributed by atoms with Crippen LogP contribution in [0, 0.1) is 5.92 Å². The third kappa shape index (κ3) is 5.05. The van der Waals surface area contributed by atoms with Crippen molar-refractivity contribution in [2.75, 3.05) is 21.3 Å². The average Bonchev–Trinajstić information content (AvgIpc) is 3.30. The van der Waals surface area contributed by atoms with Crippen molar-refractivity contribution < 1.29 is 23.1 Å². The standard InChI is InChI=1S/C26H39O5P/c1-26(2,3)22-17-19(20-13-9-10-14-21(20)24(22)29-4)15-16-23(27)25(18-11-7-8-12-18)32(28,30-5)31-6/h15-18,25H,7-14H2,1-6H3/b16-15+. The van der Waals surface area contributed by atoms with Crippen molar-refractivity contribution in [3.05, 3.63) is 34.4 Å². The van der Waals surface area contributed by atoms with E-state index < -0.39 is 13.3 Å². The van der Waals surface area contributed by atoms with Gasteiger partial charge >= 0.3 is 7.60 Å². The van der Waals surface area contributed by atoms with Crippen LogP contribution in [0.5, 0.6) is 5.75 Å². The lowest BCUT2D eigenvalue weighted by atomic mass is 9.78. The molecule has 2 aliphatic rings. The van der Waals surface area contributed by atoms with Crippen molar-refractivity contribution in [2.45, 2.75) is 83.2 Å². The van der Waals surface area contributed by atoms with Gasteiger partial charge in [-0.25, -0.2) is 0 Å². The Balaban J connectivity index is 2.03. The van der Waals surface area contributed by atoms with Gasteiger partial charge < -0.3 is 13.8 Å². The minimum atomic E-state index is -3.51. The second kappa shape index (κ2) is 10.2. The van der Waals surface area contributed by atoms with E-state index in [-0.39, 0.29) is 17.1 Å². The van der Waals surface area contributed by atoms with Gasteiger partial charge in [0, 0.05) is 19.8 Å². The molecule has 1 unspecified atom stereocenters. The Morgan fingerprint density at radius 2 is 1.62 bits per heavy atom. The number of carbonyl (C=O) groups is 1. The summed E-state index contributed by atoms with van der Waals surface area (Å²) in [5, 5.41) is 0. The van der Waals surface area contributed by atoms with Crippen molar-refractivity contribution >= 4 is 19.5 Å². The Bertz CT molecular complexity index is 898. The molecule has 1 fully saturated rings. The van der Waals surface area contributed by atoms with E-state index in [4.69, 9.17) is 13.8 Å². The SMILES string of the molecule is COc1c(C(C)(C)C)cc(/C=C/C(=O)C(C2CCCC2)P(=O)(OC)OC)c2c1CCCC2. The smallest absolute Gasteiger partial charge is 0.341 e. The molecule has 0 amide bonds. The Labute approximate surface area is 193 Å². The number of ether oxygens (including phenoxy) is 1. The van der Waals surface area contributed by atoms with Crippen LogP contribution in [0.15, 0.2) is 12.1 Å². The van der Waals surface area contributed by atoms with E-state index in [1.165, 1.54) is 25.3 Å². The molecule has 0 bridgehead atoms. The van der Waals surface area contributed by atoms with Crippen LogP contribution in [-0.2, 0) is 36.7 Å². The summed E-state index contributed by atoms with van der Waals surface area (Å²) in [5.74, 6) is 0.859. The molecule has 0 aromatic heterocycles. The third-order valence-corrected chi connectivity index (χ3v) is 9.44. The first-order valence-electron chi connectivity index (χ1n) is 11.8. The van der Waals surface area contributed by atoms with Gasteiger partial charge in [-0.2, -0.15) is 0 Å². The molecular weight excluding hydrogens is 423 g/mol. The summed E-state index contributed by atoms with van der Waals surface area (Å²) in [4.78, 5) is 13.4. The molecule has 0 heterocycles. The van der Waals surface area contributed by atoms with Crippen molar-refractivity contribution in [3.63, 3.8) is 0 Å². The van der Waals surface area contributed by atoms with Crippen LogP contribution < -0.4 is 4.74 Å². The van der Waals surface area contributed by atoms with Gasteiger partial charge in [0.2, 0.25) is 0 Å². The number of hydrogen-bond acceptors (Lipinski definition) is 5. The second-order valence-electron chi connectivity index (χ2n) is 10.1. The summed E-state index contributed by atoms with van der Waals surface area (Å²) in [7, 11) is 0.985. The molecule has 0 saturated heterocycles. The number of ketones is 1. The van der Waals surface area contributed by atoms with Crippen LogP contribution in [0.4, 0.5) is 0 Å². The van der Waals surface area contributed by atoms with Gasteiger partial charge in [-0.1, -0.05) is 39.7 Å². The lowest BCUT2D eigenvalue weighted by Gasteiger charge is -2.29. The lowest BCUT2D eigenvalue weighted by Crippen LogP contribution is -2.28. The molecule has 0 radical (unpaired) electrons. The summed E-state index contributed by atoms with van der Waals surface area (Å²) in [6, 6.07) is 2.17. The first-order valence-corrected chi connectivity index (χ1v) is 13.4. The fraction of sp³-hybridized carbons (Fsp3) is 0.654. The van der Waals surface area contributed by atoms with E-state index in [9.17, 15) is 9.36 Å². The molecule has 1 aromatic carbocycles. The summed E-state index contributed by atoms with van der Waals surface area (Å²) >= 11 is 0. The van der Waals surface area contributed by atoms with E-state index >= 15 is 0 Å². The zero-order valence-corrected chi connectivity index (χ0v) is 21.4. The van der Waals surface area contributed by atoms with E-state index in [1.54, 1.807) is 13.2 Å². The van der Waals surface area contributed by atoms with Crippen LogP contribution in [-0.4, -0.2) is 32.8 Å². The topological polar surface area (TPSA) is 61.8 Å². The maximum Gasteiger partial charge on any atom is 0.341 e.